The van der Waals surface area contributed by atoms with Gasteiger partial charge in [0.25, 0.3) is 5.91 Å². The van der Waals surface area contributed by atoms with Crippen LogP contribution in [0.5, 0.6) is 0 Å². The van der Waals surface area contributed by atoms with E-state index >= 15 is 0 Å². The molecule has 1 aromatic heterocycles. The lowest BCUT2D eigenvalue weighted by Crippen LogP contribution is -2.24. The first-order valence-electron chi connectivity index (χ1n) is 16.5. The first-order chi connectivity index (χ1) is 23.5. The van der Waals surface area contributed by atoms with Crippen LogP contribution in [0.25, 0.3) is 49.7 Å². The number of rotatable bonds is 6. The Balaban J connectivity index is 1.14. The van der Waals surface area contributed by atoms with Gasteiger partial charge in [-0.05, 0) is 88.8 Å². The second-order valence-corrected chi connectivity index (χ2v) is 12.9. The molecule has 0 saturated heterocycles. The van der Waals surface area contributed by atoms with E-state index in [1.165, 1.54) is 44.1 Å². The standard InChI is InChI=1S/C45H36N2O/c1-4-5-6-19-44(48)46(35-28-29-37-36-13-7-10-16-40(36)45(2,3)41(37)30-35)33-24-20-31(21-25-33)32-22-26-34(27-23-32)47-42-17-11-8-14-38(42)39-15-9-12-18-43(39)47/h4-30H,1-3H3/b5-4-,19-6-. The summed E-state index contributed by atoms with van der Waals surface area (Å²) < 4.78 is 2.33. The van der Waals surface area contributed by atoms with Crippen molar-refractivity contribution in [3.8, 4) is 27.9 Å². The molecule has 8 rings (SSSR count). The molecule has 0 unspecified atom stereocenters. The molecule has 0 aliphatic heterocycles. The Bertz CT molecular complexity index is 2330. The van der Waals surface area contributed by atoms with Crippen molar-refractivity contribution in [1.29, 1.82) is 0 Å². The smallest absolute Gasteiger partial charge is 0.255 e. The highest BCUT2D eigenvalue weighted by Gasteiger charge is 2.35. The monoisotopic (exact) mass is 620 g/mol. The molecule has 0 saturated carbocycles. The summed E-state index contributed by atoms with van der Waals surface area (Å²) in [6, 6.07) is 49.2. The van der Waals surface area contributed by atoms with Crippen molar-refractivity contribution < 1.29 is 4.79 Å². The number of aromatic nitrogens is 1. The van der Waals surface area contributed by atoms with E-state index in [1.807, 2.05) is 36.1 Å². The van der Waals surface area contributed by atoms with Gasteiger partial charge >= 0.3 is 0 Å². The number of fused-ring (bicyclic) bond motifs is 6. The van der Waals surface area contributed by atoms with Crippen LogP contribution in [0.4, 0.5) is 11.4 Å². The minimum atomic E-state index is -0.160. The zero-order valence-corrected chi connectivity index (χ0v) is 27.4. The number of anilines is 2. The van der Waals surface area contributed by atoms with Gasteiger partial charge in [0.05, 0.1) is 11.0 Å². The number of carbonyl (C=O) groups excluding carboxylic acids is 1. The van der Waals surface area contributed by atoms with E-state index in [0.29, 0.717) is 0 Å². The van der Waals surface area contributed by atoms with Crippen LogP contribution in [-0.2, 0) is 10.2 Å². The van der Waals surface area contributed by atoms with E-state index in [4.69, 9.17) is 0 Å². The normalized spacial score (nSPS) is 13.4. The third-order valence-electron chi connectivity index (χ3n) is 9.75. The number of allylic oxidation sites excluding steroid dienone is 3. The quantitative estimate of drug-likeness (QED) is 0.134. The number of hydrogen-bond donors (Lipinski definition) is 0. The molecule has 1 heterocycles. The average Bonchev–Trinajstić information content (AvgIpc) is 3.58. The molecule has 0 N–H and O–H groups in total. The Kier molecular flexibility index (Phi) is 7.18. The highest BCUT2D eigenvalue weighted by atomic mass is 16.2. The van der Waals surface area contributed by atoms with Gasteiger partial charge in [0.15, 0.2) is 0 Å². The molecular weight excluding hydrogens is 585 g/mol. The number of nitrogens with zero attached hydrogens (tertiary/aromatic N) is 2. The van der Waals surface area contributed by atoms with Gasteiger partial charge in [-0.25, -0.2) is 0 Å². The molecule has 0 atom stereocenters. The van der Waals surface area contributed by atoms with Crippen molar-refractivity contribution in [2.75, 3.05) is 4.90 Å². The van der Waals surface area contributed by atoms with Crippen molar-refractivity contribution in [3.05, 3.63) is 175 Å². The van der Waals surface area contributed by atoms with Crippen LogP contribution in [-0.4, -0.2) is 10.5 Å². The average molecular weight is 621 g/mol. The van der Waals surface area contributed by atoms with E-state index in [0.717, 1.165) is 28.2 Å². The predicted octanol–water partition coefficient (Wildman–Crippen LogP) is 11.6. The highest BCUT2D eigenvalue weighted by molar-refractivity contribution is 6.09. The van der Waals surface area contributed by atoms with E-state index in [2.05, 4.69) is 146 Å². The summed E-state index contributed by atoms with van der Waals surface area (Å²) in [4.78, 5) is 15.6. The Hall–Kier alpha value is -5.93. The first kappa shape index (κ1) is 29.5. The van der Waals surface area contributed by atoms with Gasteiger partial charge in [-0.2, -0.15) is 0 Å². The topological polar surface area (TPSA) is 25.2 Å². The molecule has 1 aliphatic carbocycles. The lowest BCUT2D eigenvalue weighted by atomic mass is 9.82. The lowest BCUT2D eigenvalue weighted by molar-refractivity contribution is -0.113. The van der Waals surface area contributed by atoms with Crippen LogP contribution in [0.15, 0.2) is 164 Å². The Morgan fingerprint density at radius 2 is 1.17 bits per heavy atom. The molecule has 0 fully saturated rings. The summed E-state index contributed by atoms with van der Waals surface area (Å²) in [6.45, 7) is 6.47. The molecule has 1 aliphatic rings. The first-order valence-corrected chi connectivity index (χ1v) is 16.5. The van der Waals surface area contributed by atoms with Crippen LogP contribution >= 0.6 is 0 Å². The molecule has 3 nitrogen and oxygen atoms in total. The van der Waals surface area contributed by atoms with E-state index in [9.17, 15) is 4.79 Å². The maximum Gasteiger partial charge on any atom is 0.255 e. The summed E-state index contributed by atoms with van der Waals surface area (Å²) in [5.74, 6) is -0.0929. The van der Waals surface area contributed by atoms with Gasteiger partial charge in [-0.15, -0.1) is 0 Å². The van der Waals surface area contributed by atoms with Crippen molar-refractivity contribution in [2.45, 2.75) is 26.2 Å². The van der Waals surface area contributed by atoms with Gasteiger partial charge < -0.3 is 4.57 Å². The van der Waals surface area contributed by atoms with E-state index in [1.54, 1.807) is 12.2 Å². The number of benzene rings is 6. The molecule has 1 amide bonds. The fourth-order valence-electron chi connectivity index (χ4n) is 7.37. The van der Waals surface area contributed by atoms with Crippen molar-refractivity contribution >= 4 is 39.1 Å². The summed E-state index contributed by atoms with van der Waals surface area (Å²) in [7, 11) is 0. The fourth-order valence-corrected chi connectivity index (χ4v) is 7.37. The highest BCUT2D eigenvalue weighted by Crippen LogP contribution is 2.50. The molecule has 232 valence electrons. The van der Waals surface area contributed by atoms with E-state index in [-0.39, 0.29) is 11.3 Å². The Labute approximate surface area is 281 Å². The maximum atomic E-state index is 13.8. The van der Waals surface area contributed by atoms with Crippen molar-refractivity contribution in [2.24, 2.45) is 0 Å². The number of carbonyl (C=O) groups is 1. The summed E-state index contributed by atoms with van der Waals surface area (Å²) in [6.07, 6.45) is 7.24. The summed E-state index contributed by atoms with van der Waals surface area (Å²) in [5.41, 5.74) is 12.3. The number of amides is 1. The number of hydrogen-bond acceptors (Lipinski definition) is 1. The Morgan fingerprint density at radius 1 is 0.604 bits per heavy atom. The van der Waals surface area contributed by atoms with Gasteiger partial charge in [-0.3, -0.25) is 9.69 Å². The molecule has 0 spiro atoms. The number of para-hydroxylation sites is 2. The largest absolute Gasteiger partial charge is 0.309 e. The minimum Gasteiger partial charge on any atom is -0.309 e. The zero-order valence-electron chi connectivity index (χ0n) is 27.4. The Morgan fingerprint density at radius 3 is 1.83 bits per heavy atom. The van der Waals surface area contributed by atoms with Gasteiger partial charge in [0.1, 0.15) is 0 Å². The van der Waals surface area contributed by atoms with Crippen molar-refractivity contribution in [1.82, 2.24) is 4.57 Å². The molecule has 7 aromatic rings. The van der Waals surface area contributed by atoms with Crippen LogP contribution in [0.1, 0.15) is 31.9 Å². The third kappa shape index (κ3) is 4.78. The molecule has 3 heteroatoms. The fraction of sp³-hybridized carbons (Fsp3) is 0.0889. The van der Waals surface area contributed by atoms with Crippen LogP contribution in [0, 0.1) is 0 Å². The zero-order chi connectivity index (χ0) is 32.8. The second-order valence-electron chi connectivity index (χ2n) is 12.9. The summed E-state index contributed by atoms with van der Waals surface area (Å²) >= 11 is 0. The maximum absolute atomic E-state index is 13.8. The second kappa shape index (κ2) is 11.7. The summed E-state index contributed by atoms with van der Waals surface area (Å²) in [5, 5.41) is 2.51. The minimum absolute atomic E-state index is 0.0929. The lowest BCUT2D eigenvalue weighted by Gasteiger charge is -2.26. The van der Waals surface area contributed by atoms with E-state index < -0.39 is 0 Å². The molecule has 48 heavy (non-hydrogen) atoms. The van der Waals surface area contributed by atoms with Gasteiger partial charge in [-0.1, -0.05) is 123 Å². The molecule has 0 bridgehead atoms. The molecule has 6 aromatic carbocycles. The van der Waals surface area contributed by atoms with Crippen molar-refractivity contribution in [3.63, 3.8) is 0 Å². The molecular formula is C45H36N2O. The van der Waals surface area contributed by atoms with Crippen LogP contribution in [0.2, 0.25) is 0 Å². The van der Waals surface area contributed by atoms with Crippen LogP contribution < -0.4 is 4.90 Å². The van der Waals surface area contributed by atoms with Crippen LogP contribution in [0.3, 0.4) is 0 Å². The SMILES string of the molecule is C/C=C\C=C/C(=O)N(c1ccc(-c2ccc(-n3c4ccccc4c4ccccc43)cc2)cc1)c1ccc2c(c1)C(C)(C)c1ccccc1-2. The molecule has 0 radical (unpaired) electrons. The third-order valence-corrected chi connectivity index (χ3v) is 9.75. The predicted molar refractivity (Wildman–Crippen MR) is 201 cm³/mol. The van der Waals surface area contributed by atoms with Gasteiger partial charge in [0, 0.05) is 39.3 Å². The van der Waals surface area contributed by atoms with Gasteiger partial charge in [0.2, 0.25) is 0 Å².